The Labute approximate surface area is 124 Å². The van der Waals surface area contributed by atoms with E-state index < -0.39 is 0 Å². The summed E-state index contributed by atoms with van der Waals surface area (Å²) in [5.74, 6) is 0.969. The van der Waals surface area contributed by atoms with Crippen LogP contribution in [-0.4, -0.2) is 36.6 Å². The Hall–Kier alpha value is -2.49. The summed E-state index contributed by atoms with van der Waals surface area (Å²) in [7, 11) is 3.38. The number of methoxy groups -OCH3 is 1. The number of ether oxygens (including phenoxy) is 1. The molecule has 1 N–H and O–H groups in total. The third-order valence-electron chi connectivity index (χ3n) is 3.36. The second kappa shape index (κ2) is 6.79. The first kappa shape index (κ1) is 14.9. The fraction of sp³-hybridized carbons (Fsp3) is 0.235. The maximum atomic E-state index is 12.3. The number of benzene rings is 2. The minimum Gasteiger partial charge on any atom is -0.508 e. The van der Waals surface area contributed by atoms with Gasteiger partial charge >= 0.3 is 0 Å². The molecule has 110 valence electrons. The molecular weight excluding hydrogens is 266 g/mol. The highest BCUT2D eigenvalue weighted by Gasteiger charge is 2.11. The smallest absolute Gasteiger partial charge is 0.253 e. The van der Waals surface area contributed by atoms with Gasteiger partial charge in [0.15, 0.2) is 0 Å². The van der Waals surface area contributed by atoms with Crippen molar-refractivity contribution in [3.63, 3.8) is 0 Å². The normalized spacial score (nSPS) is 10.2. The van der Waals surface area contributed by atoms with Crippen molar-refractivity contribution >= 4 is 5.91 Å². The molecule has 0 atom stereocenters. The Morgan fingerprint density at radius 1 is 1.10 bits per heavy atom. The molecule has 0 fully saturated rings. The van der Waals surface area contributed by atoms with Crippen molar-refractivity contribution in [3.05, 3.63) is 59.7 Å². The summed E-state index contributed by atoms with van der Waals surface area (Å²) in [6, 6.07) is 14.1. The van der Waals surface area contributed by atoms with Gasteiger partial charge in [-0.05, 0) is 48.4 Å². The maximum Gasteiger partial charge on any atom is 0.253 e. The van der Waals surface area contributed by atoms with Crippen molar-refractivity contribution < 1.29 is 14.6 Å². The first-order valence-corrected chi connectivity index (χ1v) is 6.77. The maximum absolute atomic E-state index is 12.3. The second-order valence-corrected chi connectivity index (χ2v) is 4.87. The molecule has 0 aliphatic rings. The van der Waals surface area contributed by atoms with Crippen molar-refractivity contribution in [1.82, 2.24) is 4.90 Å². The van der Waals surface area contributed by atoms with Crippen LogP contribution in [0, 0.1) is 0 Å². The van der Waals surface area contributed by atoms with Gasteiger partial charge in [0.2, 0.25) is 0 Å². The predicted molar refractivity (Wildman–Crippen MR) is 81.8 cm³/mol. The number of likely N-dealkylation sites (N-methyl/N-ethyl adjacent to an activating group) is 1. The molecule has 2 aromatic carbocycles. The summed E-state index contributed by atoms with van der Waals surface area (Å²) < 4.78 is 5.08. The van der Waals surface area contributed by atoms with Crippen molar-refractivity contribution in [2.45, 2.75) is 6.42 Å². The van der Waals surface area contributed by atoms with E-state index in [1.54, 1.807) is 55.5 Å². The van der Waals surface area contributed by atoms with E-state index in [4.69, 9.17) is 4.74 Å². The average Bonchev–Trinajstić information content (AvgIpc) is 2.53. The highest BCUT2D eigenvalue weighted by atomic mass is 16.5. The van der Waals surface area contributed by atoms with Gasteiger partial charge in [0.1, 0.15) is 11.5 Å². The Morgan fingerprint density at radius 2 is 1.71 bits per heavy atom. The third-order valence-corrected chi connectivity index (χ3v) is 3.36. The van der Waals surface area contributed by atoms with Gasteiger partial charge in [0, 0.05) is 19.2 Å². The molecule has 4 nitrogen and oxygen atoms in total. The quantitative estimate of drug-likeness (QED) is 0.919. The zero-order valence-corrected chi connectivity index (χ0v) is 12.2. The van der Waals surface area contributed by atoms with Crippen molar-refractivity contribution in [2.24, 2.45) is 0 Å². The Morgan fingerprint density at radius 3 is 2.29 bits per heavy atom. The SMILES string of the molecule is COc1ccc(C(=O)N(C)CCc2ccc(O)cc2)cc1. The van der Waals surface area contributed by atoms with E-state index in [0.29, 0.717) is 12.1 Å². The number of phenolic OH excluding ortho intramolecular Hbond substituents is 1. The van der Waals surface area contributed by atoms with Crippen molar-refractivity contribution in [1.29, 1.82) is 0 Å². The molecule has 0 radical (unpaired) electrons. The van der Waals surface area contributed by atoms with Gasteiger partial charge in [0.05, 0.1) is 7.11 Å². The van der Waals surface area contributed by atoms with E-state index >= 15 is 0 Å². The molecule has 2 rings (SSSR count). The summed E-state index contributed by atoms with van der Waals surface area (Å²) in [5, 5.41) is 9.24. The van der Waals surface area contributed by atoms with Crippen LogP contribution in [0.2, 0.25) is 0 Å². The highest BCUT2D eigenvalue weighted by molar-refractivity contribution is 5.94. The fourth-order valence-corrected chi connectivity index (χ4v) is 2.01. The van der Waals surface area contributed by atoms with Crippen LogP contribution in [0.3, 0.4) is 0 Å². The molecule has 0 saturated carbocycles. The Kier molecular flexibility index (Phi) is 4.82. The van der Waals surface area contributed by atoms with Crippen LogP contribution in [0.5, 0.6) is 11.5 Å². The predicted octanol–water partition coefficient (Wildman–Crippen LogP) is 2.72. The van der Waals surface area contributed by atoms with Gasteiger partial charge in [0.25, 0.3) is 5.91 Å². The largest absolute Gasteiger partial charge is 0.508 e. The molecule has 0 heterocycles. The molecular formula is C17H19NO3. The lowest BCUT2D eigenvalue weighted by molar-refractivity contribution is 0.0796. The lowest BCUT2D eigenvalue weighted by Crippen LogP contribution is -2.28. The molecule has 0 saturated heterocycles. The molecule has 2 aromatic rings. The number of rotatable bonds is 5. The van der Waals surface area contributed by atoms with Gasteiger partial charge in [-0.2, -0.15) is 0 Å². The fourth-order valence-electron chi connectivity index (χ4n) is 2.01. The summed E-state index contributed by atoms with van der Waals surface area (Å²) in [5.41, 5.74) is 1.73. The van der Waals surface area contributed by atoms with E-state index in [2.05, 4.69) is 0 Å². The number of hydrogen-bond donors (Lipinski definition) is 1. The molecule has 4 heteroatoms. The van der Waals surface area contributed by atoms with Crippen LogP contribution in [0.1, 0.15) is 15.9 Å². The minimum absolute atomic E-state index is 0.0172. The lowest BCUT2D eigenvalue weighted by atomic mass is 10.1. The highest BCUT2D eigenvalue weighted by Crippen LogP contribution is 2.14. The molecule has 0 aliphatic carbocycles. The topological polar surface area (TPSA) is 49.8 Å². The van der Waals surface area contributed by atoms with Gasteiger partial charge in [-0.25, -0.2) is 0 Å². The second-order valence-electron chi connectivity index (χ2n) is 4.87. The van der Waals surface area contributed by atoms with Gasteiger partial charge in [-0.1, -0.05) is 12.1 Å². The number of carbonyl (C=O) groups is 1. The van der Waals surface area contributed by atoms with Crippen LogP contribution < -0.4 is 4.74 Å². The van der Waals surface area contributed by atoms with Gasteiger partial charge in [-0.15, -0.1) is 0 Å². The van der Waals surface area contributed by atoms with E-state index in [-0.39, 0.29) is 11.7 Å². The van der Waals surface area contributed by atoms with Crippen molar-refractivity contribution in [2.75, 3.05) is 20.7 Å². The molecule has 21 heavy (non-hydrogen) atoms. The summed E-state index contributed by atoms with van der Waals surface area (Å²) in [6.45, 7) is 0.621. The van der Waals surface area contributed by atoms with Crippen LogP contribution >= 0.6 is 0 Å². The van der Waals surface area contributed by atoms with E-state index in [1.165, 1.54) is 0 Å². The van der Waals surface area contributed by atoms with E-state index in [0.717, 1.165) is 17.7 Å². The number of nitrogens with zero attached hydrogens (tertiary/aromatic N) is 1. The summed E-state index contributed by atoms with van der Waals surface area (Å²) in [4.78, 5) is 14.0. The van der Waals surface area contributed by atoms with Gasteiger partial charge < -0.3 is 14.7 Å². The molecule has 0 aliphatic heterocycles. The molecule has 0 bridgehead atoms. The lowest BCUT2D eigenvalue weighted by Gasteiger charge is -2.17. The summed E-state index contributed by atoms with van der Waals surface area (Å²) in [6.07, 6.45) is 0.749. The molecule has 0 spiro atoms. The van der Waals surface area contributed by atoms with Crippen LogP contribution in [0.25, 0.3) is 0 Å². The third kappa shape index (κ3) is 3.99. The van der Waals surface area contributed by atoms with Crippen LogP contribution in [-0.2, 0) is 6.42 Å². The zero-order chi connectivity index (χ0) is 15.2. The molecule has 0 unspecified atom stereocenters. The number of hydrogen-bond acceptors (Lipinski definition) is 3. The summed E-state index contributed by atoms with van der Waals surface area (Å²) >= 11 is 0. The first-order chi connectivity index (χ1) is 10.1. The average molecular weight is 285 g/mol. The van der Waals surface area contributed by atoms with E-state index in [9.17, 15) is 9.90 Å². The molecule has 1 amide bonds. The number of aromatic hydroxyl groups is 1. The standard InChI is InChI=1S/C17H19NO3/c1-18(12-11-13-3-7-15(19)8-4-13)17(20)14-5-9-16(21-2)10-6-14/h3-10,19H,11-12H2,1-2H3. The first-order valence-electron chi connectivity index (χ1n) is 6.77. The number of amides is 1. The van der Waals surface area contributed by atoms with Crippen molar-refractivity contribution in [3.8, 4) is 11.5 Å². The van der Waals surface area contributed by atoms with Crippen LogP contribution in [0.15, 0.2) is 48.5 Å². The zero-order valence-electron chi connectivity index (χ0n) is 12.2. The number of phenols is 1. The molecule has 0 aromatic heterocycles. The van der Waals surface area contributed by atoms with E-state index in [1.807, 2.05) is 12.1 Å². The minimum atomic E-state index is -0.0172. The van der Waals surface area contributed by atoms with Gasteiger partial charge in [-0.3, -0.25) is 4.79 Å². The Bertz CT molecular complexity index is 590. The number of carbonyl (C=O) groups excluding carboxylic acids is 1. The van der Waals surface area contributed by atoms with Crippen LogP contribution in [0.4, 0.5) is 0 Å². The Balaban J connectivity index is 1.93. The monoisotopic (exact) mass is 285 g/mol.